The number of rotatable bonds is 6. The van der Waals surface area contributed by atoms with Gasteiger partial charge in [0.2, 0.25) is 5.91 Å². The van der Waals surface area contributed by atoms with Gasteiger partial charge >= 0.3 is 0 Å². The van der Waals surface area contributed by atoms with Gasteiger partial charge in [0.1, 0.15) is 18.2 Å². The highest BCUT2D eigenvalue weighted by Gasteiger charge is 2.09. The average molecular weight is 302 g/mol. The zero-order valence-corrected chi connectivity index (χ0v) is 12.7. The maximum atomic E-state index is 13.0. The van der Waals surface area contributed by atoms with Crippen molar-refractivity contribution >= 4 is 17.3 Å². The third-order valence-electron chi connectivity index (χ3n) is 3.22. The van der Waals surface area contributed by atoms with E-state index < -0.39 is 0 Å². The highest BCUT2D eigenvalue weighted by molar-refractivity contribution is 5.94. The van der Waals surface area contributed by atoms with Crippen LogP contribution in [0.5, 0.6) is 5.75 Å². The standard InChI is InChI=1S/C17H19FN2O2/c1-13(21)20(2)17-9-4-3-8-16(17)19-10-11-22-15-7-5-6-14(18)12-15/h3-9,12,19H,10-11H2,1-2H3. The zero-order chi connectivity index (χ0) is 15.9. The van der Waals surface area contributed by atoms with Gasteiger partial charge in [-0.05, 0) is 24.3 Å². The molecule has 0 atom stereocenters. The predicted molar refractivity (Wildman–Crippen MR) is 85.9 cm³/mol. The molecule has 4 nitrogen and oxygen atoms in total. The summed E-state index contributed by atoms with van der Waals surface area (Å²) in [6.07, 6.45) is 0. The van der Waals surface area contributed by atoms with Crippen molar-refractivity contribution in [3.8, 4) is 5.75 Å². The van der Waals surface area contributed by atoms with Gasteiger partial charge in [0.05, 0.1) is 11.4 Å². The molecule has 0 unspecified atom stereocenters. The second-order valence-corrected chi connectivity index (χ2v) is 4.83. The van der Waals surface area contributed by atoms with E-state index in [1.54, 1.807) is 24.1 Å². The van der Waals surface area contributed by atoms with E-state index in [-0.39, 0.29) is 11.7 Å². The second-order valence-electron chi connectivity index (χ2n) is 4.83. The van der Waals surface area contributed by atoms with E-state index >= 15 is 0 Å². The van der Waals surface area contributed by atoms with Crippen molar-refractivity contribution < 1.29 is 13.9 Å². The minimum absolute atomic E-state index is 0.0368. The Labute approximate surface area is 129 Å². The molecule has 0 heterocycles. The molecule has 22 heavy (non-hydrogen) atoms. The van der Waals surface area contributed by atoms with E-state index in [4.69, 9.17) is 4.74 Å². The number of carbonyl (C=O) groups is 1. The Morgan fingerprint density at radius 2 is 2.00 bits per heavy atom. The van der Waals surface area contributed by atoms with Crippen LogP contribution in [-0.2, 0) is 4.79 Å². The lowest BCUT2D eigenvalue weighted by Crippen LogP contribution is -2.24. The van der Waals surface area contributed by atoms with E-state index in [9.17, 15) is 9.18 Å². The molecule has 1 N–H and O–H groups in total. The summed E-state index contributed by atoms with van der Waals surface area (Å²) in [7, 11) is 1.73. The van der Waals surface area contributed by atoms with Crippen LogP contribution in [0.2, 0.25) is 0 Å². The molecule has 2 aromatic carbocycles. The van der Waals surface area contributed by atoms with Crippen LogP contribution in [0.15, 0.2) is 48.5 Å². The third kappa shape index (κ3) is 4.22. The highest BCUT2D eigenvalue weighted by atomic mass is 19.1. The molecule has 5 heteroatoms. The fourth-order valence-electron chi connectivity index (χ4n) is 2.00. The van der Waals surface area contributed by atoms with Gasteiger partial charge in [-0.25, -0.2) is 4.39 Å². The minimum atomic E-state index is -0.320. The lowest BCUT2D eigenvalue weighted by molar-refractivity contribution is -0.116. The SMILES string of the molecule is CC(=O)N(C)c1ccccc1NCCOc1cccc(F)c1. The van der Waals surface area contributed by atoms with E-state index in [0.29, 0.717) is 18.9 Å². The van der Waals surface area contributed by atoms with Gasteiger partial charge in [0.15, 0.2) is 0 Å². The van der Waals surface area contributed by atoms with Crippen LogP contribution in [0.4, 0.5) is 15.8 Å². The lowest BCUT2D eigenvalue weighted by atomic mass is 10.2. The Bertz CT molecular complexity index is 646. The summed E-state index contributed by atoms with van der Waals surface area (Å²) in [4.78, 5) is 13.1. The number of nitrogens with one attached hydrogen (secondary N) is 1. The normalized spacial score (nSPS) is 10.1. The van der Waals surface area contributed by atoms with Crippen LogP contribution in [0.25, 0.3) is 0 Å². The quantitative estimate of drug-likeness (QED) is 0.833. The zero-order valence-electron chi connectivity index (χ0n) is 12.7. The van der Waals surface area contributed by atoms with E-state index in [0.717, 1.165) is 11.4 Å². The summed E-state index contributed by atoms with van der Waals surface area (Å²) in [5.74, 6) is 0.139. The minimum Gasteiger partial charge on any atom is -0.492 e. The van der Waals surface area contributed by atoms with E-state index in [1.807, 2.05) is 24.3 Å². The molecule has 0 spiro atoms. The van der Waals surface area contributed by atoms with Crippen molar-refractivity contribution in [3.63, 3.8) is 0 Å². The van der Waals surface area contributed by atoms with Crippen LogP contribution >= 0.6 is 0 Å². The van der Waals surface area contributed by atoms with Crippen molar-refractivity contribution in [2.45, 2.75) is 6.92 Å². The van der Waals surface area contributed by atoms with Gasteiger partial charge in [-0.3, -0.25) is 4.79 Å². The van der Waals surface area contributed by atoms with Crippen molar-refractivity contribution in [1.29, 1.82) is 0 Å². The number of ether oxygens (including phenoxy) is 1. The Morgan fingerprint density at radius 1 is 1.23 bits per heavy atom. The molecule has 0 bridgehead atoms. The van der Waals surface area contributed by atoms with Crippen LogP contribution in [0.1, 0.15) is 6.92 Å². The largest absolute Gasteiger partial charge is 0.492 e. The summed E-state index contributed by atoms with van der Waals surface area (Å²) in [6, 6.07) is 13.6. The molecule has 0 aliphatic heterocycles. The molecular weight excluding hydrogens is 283 g/mol. The molecule has 2 aromatic rings. The number of para-hydroxylation sites is 2. The van der Waals surface area contributed by atoms with Crippen molar-refractivity contribution in [3.05, 3.63) is 54.3 Å². The lowest BCUT2D eigenvalue weighted by Gasteiger charge is -2.20. The molecule has 0 aliphatic rings. The van der Waals surface area contributed by atoms with Gasteiger partial charge < -0.3 is 15.0 Å². The van der Waals surface area contributed by atoms with Gasteiger partial charge in [0, 0.05) is 26.6 Å². The predicted octanol–water partition coefficient (Wildman–Crippen LogP) is 3.30. The number of carbonyl (C=O) groups excluding carboxylic acids is 1. The monoisotopic (exact) mass is 302 g/mol. The summed E-state index contributed by atoms with van der Waals surface area (Å²) in [5.41, 5.74) is 1.66. The molecule has 0 radical (unpaired) electrons. The first kappa shape index (κ1) is 15.8. The maximum Gasteiger partial charge on any atom is 0.223 e. The van der Waals surface area contributed by atoms with Crippen molar-refractivity contribution in [2.24, 2.45) is 0 Å². The number of hydrogen-bond acceptors (Lipinski definition) is 3. The summed E-state index contributed by atoms with van der Waals surface area (Å²) < 4.78 is 18.5. The molecule has 0 saturated heterocycles. The second kappa shape index (κ2) is 7.45. The van der Waals surface area contributed by atoms with Crippen LogP contribution < -0.4 is 15.0 Å². The fourth-order valence-corrected chi connectivity index (χ4v) is 2.00. The molecule has 1 amide bonds. The first-order valence-electron chi connectivity index (χ1n) is 7.03. The number of anilines is 2. The molecular formula is C17H19FN2O2. The number of nitrogens with zero attached hydrogens (tertiary/aromatic N) is 1. The summed E-state index contributed by atoms with van der Waals surface area (Å²) >= 11 is 0. The Hall–Kier alpha value is -2.56. The van der Waals surface area contributed by atoms with Gasteiger partial charge in [-0.15, -0.1) is 0 Å². The molecule has 0 saturated carbocycles. The third-order valence-corrected chi connectivity index (χ3v) is 3.22. The van der Waals surface area contributed by atoms with Crippen LogP contribution in [0.3, 0.4) is 0 Å². The topological polar surface area (TPSA) is 41.6 Å². The molecule has 2 rings (SSSR count). The molecule has 0 aliphatic carbocycles. The first-order valence-corrected chi connectivity index (χ1v) is 7.03. The molecule has 116 valence electrons. The number of amides is 1. The smallest absolute Gasteiger partial charge is 0.223 e. The van der Waals surface area contributed by atoms with Crippen LogP contribution in [-0.4, -0.2) is 26.1 Å². The van der Waals surface area contributed by atoms with E-state index in [1.165, 1.54) is 19.1 Å². The van der Waals surface area contributed by atoms with Crippen LogP contribution in [0, 0.1) is 5.82 Å². The maximum absolute atomic E-state index is 13.0. The average Bonchev–Trinajstić information content (AvgIpc) is 2.51. The number of halogens is 1. The number of hydrogen-bond donors (Lipinski definition) is 1. The fraction of sp³-hybridized carbons (Fsp3) is 0.235. The Balaban J connectivity index is 1.91. The molecule has 0 fully saturated rings. The van der Waals surface area contributed by atoms with Crippen molar-refractivity contribution in [2.75, 3.05) is 30.4 Å². The van der Waals surface area contributed by atoms with E-state index in [2.05, 4.69) is 5.32 Å². The Kier molecular flexibility index (Phi) is 5.36. The highest BCUT2D eigenvalue weighted by Crippen LogP contribution is 2.24. The number of benzene rings is 2. The molecule has 0 aromatic heterocycles. The Morgan fingerprint density at radius 3 is 2.73 bits per heavy atom. The van der Waals surface area contributed by atoms with Gasteiger partial charge in [0.25, 0.3) is 0 Å². The van der Waals surface area contributed by atoms with Gasteiger partial charge in [-0.1, -0.05) is 18.2 Å². The van der Waals surface area contributed by atoms with Gasteiger partial charge in [-0.2, -0.15) is 0 Å². The summed E-state index contributed by atoms with van der Waals surface area (Å²) in [6.45, 7) is 2.45. The summed E-state index contributed by atoms with van der Waals surface area (Å²) in [5, 5.41) is 3.22. The van der Waals surface area contributed by atoms with Crippen molar-refractivity contribution in [1.82, 2.24) is 0 Å². The first-order chi connectivity index (χ1) is 10.6.